The number of carbonyl (C=O) groups excluding carboxylic acids is 1. The van der Waals surface area contributed by atoms with E-state index < -0.39 is 10.0 Å². The fourth-order valence-electron chi connectivity index (χ4n) is 3.77. The average molecular weight is 451 g/mol. The molecule has 6 nitrogen and oxygen atoms in total. The lowest BCUT2D eigenvalue weighted by Crippen LogP contribution is -2.50. The molecule has 1 fully saturated rings. The van der Waals surface area contributed by atoms with Crippen molar-refractivity contribution in [3.05, 3.63) is 84.4 Å². The van der Waals surface area contributed by atoms with Crippen LogP contribution in [0, 0.1) is 0 Å². The van der Waals surface area contributed by atoms with E-state index in [1.807, 2.05) is 61.5 Å². The Bertz CT molecular complexity index is 1150. The van der Waals surface area contributed by atoms with Crippen LogP contribution < -0.4 is 4.74 Å². The van der Waals surface area contributed by atoms with E-state index in [0.717, 1.165) is 11.1 Å². The lowest BCUT2D eigenvalue weighted by Gasteiger charge is -2.34. The Hall–Kier alpha value is -3.16. The molecule has 4 rings (SSSR count). The number of amides is 1. The molecule has 0 radical (unpaired) electrons. The van der Waals surface area contributed by atoms with Gasteiger partial charge >= 0.3 is 0 Å². The molecule has 3 aromatic rings. The van der Waals surface area contributed by atoms with Gasteiger partial charge in [0.2, 0.25) is 10.0 Å². The molecule has 0 unspecified atom stereocenters. The zero-order chi connectivity index (χ0) is 22.6. The van der Waals surface area contributed by atoms with Crippen molar-refractivity contribution in [1.82, 2.24) is 9.21 Å². The molecule has 0 atom stereocenters. The van der Waals surface area contributed by atoms with Gasteiger partial charge in [-0.05, 0) is 54.4 Å². The van der Waals surface area contributed by atoms with Crippen LogP contribution in [0.15, 0.2) is 83.8 Å². The van der Waals surface area contributed by atoms with E-state index in [4.69, 9.17) is 4.74 Å². The Kier molecular flexibility index (Phi) is 6.58. The summed E-state index contributed by atoms with van der Waals surface area (Å²) in [7, 11) is -3.60. The average Bonchev–Trinajstić information content (AvgIpc) is 2.85. The molecule has 1 aliphatic rings. The summed E-state index contributed by atoms with van der Waals surface area (Å²) in [5.74, 6) is 0.558. The van der Waals surface area contributed by atoms with E-state index in [0.29, 0.717) is 31.0 Å². The van der Waals surface area contributed by atoms with Crippen molar-refractivity contribution in [2.75, 3.05) is 32.8 Å². The fourth-order valence-corrected chi connectivity index (χ4v) is 5.20. The van der Waals surface area contributed by atoms with Crippen molar-refractivity contribution < 1.29 is 17.9 Å². The number of piperazine rings is 1. The van der Waals surface area contributed by atoms with E-state index in [1.54, 1.807) is 29.2 Å². The van der Waals surface area contributed by atoms with Crippen LogP contribution in [-0.4, -0.2) is 56.3 Å². The Labute approximate surface area is 189 Å². The van der Waals surface area contributed by atoms with Gasteiger partial charge in [0, 0.05) is 31.7 Å². The molecule has 1 heterocycles. The molecule has 3 aromatic carbocycles. The summed E-state index contributed by atoms with van der Waals surface area (Å²) in [6.07, 6.45) is 0. The zero-order valence-electron chi connectivity index (χ0n) is 18.0. The zero-order valence-corrected chi connectivity index (χ0v) is 18.8. The fraction of sp³-hybridized carbons (Fsp3) is 0.240. The molecular formula is C25H26N2O4S. The van der Waals surface area contributed by atoms with Crippen LogP contribution in [0.2, 0.25) is 0 Å². The van der Waals surface area contributed by atoms with Crippen molar-refractivity contribution in [2.24, 2.45) is 0 Å². The van der Waals surface area contributed by atoms with Crippen LogP contribution in [0.3, 0.4) is 0 Å². The highest BCUT2D eigenvalue weighted by Crippen LogP contribution is 2.23. The maximum atomic E-state index is 13.0. The first-order valence-corrected chi connectivity index (χ1v) is 12.1. The number of benzene rings is 3. The summed E-state index contributed by atoms with van der Waals surface area (Å²) in [6, 6.07) is 24.0. The lowest BCUT2D eigenvalue weighted by atomic mass is 10.0. The summed E-state index contributed by atoms with van der Waals surface area (Å²) >= 11 is 0. The van der Waals surface area contributed by atoms with E-state index in [2.05, 4.69) is 0 Å². The summed E-state index contributed by atoms with van der Waals surface area (Å²) in [4.78, 5) is 14.9. The van der Waals surface area contributed by atoms with Gasteiger partial charge in [-0.1, -0.05) is 42.5 Å². The van der Waals surface area contributed by atoms with Gasteiger partial charge in [-0.2, -0.15) is 4.31 Å². The third kappa shape index (κ3) is 4.69. The van der Waals surface area contributed by atoms with E-state index in [9.17, 15) is 13.2 Å². The van der Waals surface area contributed by atoms with Crippen molar-refractivity contribution in [3.8, 4) is 16.9 Å². The minimum atomic E-state index is -3.60. The van der Waals surface area contributed by atoms with Gasteiger partial charge in [-0.25, -0.2) is 8.42 Å². The second kappa shape index (κ2) is 9.54. The molecule has 1 saturated heterocycles. The summed E-state index contributed by atoms with van der Waals surface area (Å²) in [6.45, 7) is 3.65. The summed E-state index contributed by atoms with van der Waals surface area (Å²) in [5.41, 5.74) is 2.75. The first-order valence-electron chi connectivity index (χ1n) is 10.7. The van der Waals surface area contributed by atoms with Crippen LogP contribution in [0.1, 0.15) is 17.3 Å². The SMILES string of the molecule is CCOc1ccc(S(=O)(=O)N2CCN(C(=O)c3ccc(-c4ccccc4)cc3)CC2)cc1. The molecule has 32 heavy (non-hydrogen) atoms. The van der Waals surface area contributed by atoms with Crippen LogP contribution >= 0.6 is 0 Å². The quantitative estimate of drug-likeness (QED) is 0.571. The molecule has 166 valence electrons. The second-order valence-corrected chi connectivity index (χ2v) is 9.48. The highest BCUT2D eigenvalue weighted by Gasteiger charge is 2.30. The standard InChI is InChI=1S/C25H26N2O4S/c1-2-31-23-12-14-24(15-13-23)32(29,30)27-18-16-26(17-19-27)25(28)22-10-8-21(9-11-22)20-6-4-3-5-7-20/h3-15H,2,16-19H2,1H3. The van der Waals surface area contributed by atoms with E-state index in [1.165, 1.54) is 4.31 Å². The van der Waals surface area contributed by atoms with Crippen molar-refractivity contribution in [3.63, 3.8) is 0 Å². The molecule has 0 saturated carbocycles. The van der Waals surface area contributed by atoms with E-state index in [-0.39, 0.29) is 23.9 Å². The van der Waals surface area contributed by atoms with Gasteiger partial charge in [0.25, 0.3) is 5.91 Å². The van der Waals surface area contributed by atoms with Crippen LogP contribution in [0.5, 0.6) is 5.75 Å². The van der Waals surface area contributed by atoms with Crippen molar-refractivity contribution in [1.29, 1.82) is 0 Å². The van der Waals surface area contributed by atoms with Crippen molar-refractivity contribution in [2.45, 2.75) is 11.8 Å². The van der Waals surface area contributed by atoms with Gasteiger partial charge in [-0.3, -0.25) is 4.79 Å². The molecular weight excluding hydrogens is 424 g/mol. The number of hydrogen-bond donors (Lipinski definition) is 0. The number of ether oxygens (including phenoxy) is 1. The van der Waals surface area contributed by atoms with Gasteiger partial charge in [0.1, 0.15) is 5.75 Å². The van der Waals surface area contributed by atoms with Gasteiger partial charge in [-0.15, -0.1) is 0 Å². The number of nitrogens with zero attached hydrogens (tertiary/aromatic N) is 2. The summed E-state index contributed by atoms with van der Waals surface area (Å²) < 4.78 is 32.7. The number of carbonyl (C=O) groups is 1. The number of hydrogen-bond acceptors (Lipinski definition) is 4. The monoisotopic (exact) mass is 450 g/mol. The van der Waals surface area contributed by atoms with Gasteiger partial charge in [0.05, 0.1) is 11.5 Å². The first kappa shape index (κ1) is 22.0. The van der Waals surface area contributed by atoms with Gasteiger partial charge < -0.3 is 9.64 Å². The first-order chi connectivity index (χ1) is 15.5. The third-order valence-corrected chi connectivity index (χ3v) is 7.45. The number of sulfonamides is 1. The predicted molar refractivity (Wildman–Crippen MR) is 124 cm³/mol. The van der Waals surface area contributed by atoms with Crippen molar-refractivity contribution >= 4 is 15.9 Å². The second-order valence-electron chi connectivity index (χ2n) is 7.54. The Morgan fingerprint density at radius 3 is 2.00 bits per heavy atom. The molecule has 1 amide bonds. The maximum Gasteiger partial charge on any atom is 0.253 e. The van der Waals surface area contributed by atoms with E-state index >= 15 is 0 Å². The predicted octanol–water partition coefficient (Wildman–Crippen LogP) is 3.90. The molecule has 7 heteroatoms. The molecule has 0 aromatic heterocycles. The normalized spacial score (nSPS) is 14.8. The highest BCUT2D eigenvalue weighted by atomic mass is 32.2. The van der Waals surface area contributed by atoms with Gasteiger partial charge in [0.15, 0.2) is 0 Å². The smallest absolute Gasteiger partial charge is 0.253 e. The summed E-state index contributed by atoms with van der Waals surface area (Å²) in [5, 5.41) is 0. The Morgan fingerprint density at radius 1 is 0.812 bits per heavy atom. The maximum absolute atomic E-state index is 13.0. The minimum Gasteiger partial charge on any atom is -0.494 e. The minimum absolute atomic E-state index is 0.0808. The Balaban J connectivity index is 1.39. The molecule has 1 aliphatic heterocycles. The highest BCUT2D eigenvalue weighted by molar-refractivity contribution is 7.89. The topological polar surface area (TPSA) is 66.9 Å². The molecule has 0 N–H and O–H groups in total. The largest absolute Gasteiger partial charge is 0.494 e. The Morgan fingerprint density at radius 2 is 1.41 bits per heavy atom. The van der Waals surface area contributed by atoms with Crippen LogP contribution in [0.4, 0.5) is 0 Å². The molecule has 0 spiro atoms. The third-order valence-electron chi connectivity index (χ3n) is 5.54. The molecule has 0 aliphatic carbocycles. The number of rotatable bonds is 6. The molecule has 0 bridgehead atoms. The van der Waals surface area contributed by atoms with Crippen LogP contribution in [-0.2, 0) is 10.0 Å². The van der Waals surface area contributed by atoms with Crippen LogP contribution in [0.25, 0.3) is 11.1 Å². The lowest BCUT2D eigenvalue weighted by molar-refractivity contribution is 0.0698.